The van der Waals surface area contributed by atoms with Crippen LogP contribution >= 0.6 is 23.2 Å². The van der Waals surface area contributed by atoms with Gasteiger partial charge in [-0.1, -0.05) is 36.5 Å². The number of sulfonamides is 1. The normalized spacial score (nSPS) is 12.1. The molecule has 16 nitrogen and oxygen atoms in total. The van der Waals surface area contributed by atoms with Crippen LogP contribution < -0.4 is 9.21 Å². The van der Waals surface area contributed by atoms with Crippen molar-refractivity contribution in [3.63, 3.8) is 0 Å². The number of benzene rings is 2. The molecule has 4 rings (SSSR count). The molecule has 0 aliphatic rings. The summed E-state index contributed by atoms with van der Waals surface area (Å²) >= 11 is 12.3. The standard InChI is InChI=1S/C41H52Cl2N6O10S/c1-11-12-21-56-34(50)26-49(60(54,55)31-24-28(42)23-29(43)25-31)30-13-14-32-27(22-30)16-18-46(32)33-15-17-44-35(45-33)47(36(51)57-39(2,3)4)19-20-48(37(52)58-40(5,6)7)38(53)59-41(8,9)10/h13-18,22-25H,11-12,19-21,26H2,1-10H3. The highest BCUT2D eigenvalue weighted by atomic mass is 35.5. The summed E-state index contributed by atoms with van der Waals surface area (Å²) in [4.78, 5) is 63.8. The van der Waals surface area contributed by atoms with E-state index in [0.717, 1.165) is 20.5 Å². The van der Waals surface area contributed by atoms with Gasteiger partial charge in [0.05, 0.1) is 35.8 Å². The zero-order chi connectivity index (χ0) is 44.8. The van der Waals surface area contributed by atoms with Gasteiger partial charge in [0.25, 0.3) is 10.0 Å². The topological polar surface area (TPSA) is 180 Å². The van der Waals surface area contributed by atoms with Gasteiger partial charge in [0, 0.05) is 27.8 Å². The fraction of sp³-hybridized carbons (Fsp3) is 0.463. The number of rotatable bonds is 13. The predicted molar refractivity (Wildman–Crippen MR) is 228 cm³/mol. The maximum absolute atomic E-state index is 14.1. The minimum atomic E-state index is -4.39. The first-order valence-corrected chi connectivity index (χ1v) is 21.3. The van der Waals surface area contributed by atoms with Crippen molar-refractivity contribution in [2.24, 2.45) is 0 Å². The number of amides is 3. The number of hydrogen-bond acceptors (Lipinski definition) is 12. The lowest BCUT2D eigenvalue weighted by Gasteiger charge is -2.30. The van der Waals surface area contributed by atoms with E-state index in [0.29, 0.717) is 23.1 Å². The van der Waals surface area contributed by atoms with E-state index < -0.39 is 57.6 Å². The number of hydrogen-bond donors (Lipinski definition) is 0. The van der Waals surface area contributed by atoms with Crippen LogP contribution in [0.4, 0.5) is 26.0 Å². The molecule has 0 bridgehead atoms. The Morgan fingerprint density at radius 2 is 1.35 bits per heavy atom. The molecule has 60 heavy (non-hydrogen) atoms. The van der Waals surface area contributed by atoms with Crippen LogP contribution in [0.2, 0.25) is 10.0 Å². The number of aromatic nitrogens is 3. The Morgan fingerprint density at radius 3 is 1.92 bits per heavy atom. The van der Waals surface area contributed by atoms with Gasteiger partial charge >= 0.3 is 24.2 Å². The lowest BCUT2D eigenvalue weighted by atomic mass is 10.2. The summed E-state index contributed by atoms with van der Waals surface area (Å²) < 4.78 is 52.7. The highest BCUT2D eigenvalue weighted by Gasteiger charge is 2.34. The Labute approximate surface area is 360 Å². The molecule has 3 amide bonds. The number of halogens is 2. The Morgan fingerprint density at radius 1 is 0.767 bits per heavy atom. The molecule has 2 heterocycles. The first-order chi connectivity index (χ1) is 27.8. The second kappa shape index (κ2) is 19.1. The third-order valence-electron chi connectivity index (χ3n) is 7.92. The molecule has 0 unspecified atom stereocenters. The van der Waals surface area contributed by atoms with Crippen LogP contribution in [0.3, 0.4) is 0 Å². The maximum atomic E-state index is 14.1. The van der Waals surface area contributed by atoms with Gasteiger partial charge in [0.1, 0.15) is 29.2 Å². The first kappa shape index (κ1) is 47.5. The van der Waals surface area contributed by atoms with Crippen molar-refractivity contribution in [1.29, 1.82) is 0 Å². The van der Waals surface area contributed by atoms with Gasteiger partial charge in [-0.25, -0.2) is 37.6 Å². The van der Waals surface area contributed by atoms with Crippen LogP contribution in [-0.2, 0) is 33.8 Å². The molecule has 0 N–H and O–H groups in total. The van der Waals surface area contributed by atoms with Crippen LogP contribution in [-0.4, -0.2) is 95.1 Å². The van der Waals surface area contributed by atoms with E-state index in [1.54, 1.807) is 97.3 Å². The van der Waals surface area contributed by atoms with Crippen molar-refractivity contribution in [2.75, 3.05) is 35.4 Å². The van der Waals surface area contributed by atoms with Crippen LogP contribution in [0, 0.1) is 0 Å². The average molecular weight is 892 g/mol. The second-order valence-electron chi connectivity index (χ2n) is 16.6. The Balaban J connectivity index is 1.74. The smallest absolute Gasteiger partial charge is 0.419 e. The average Bonchev–Trinajstić information content (AvgIpc) is 3.53. The quantitative estimate of drug-likeness (QED) is 0.0707. The summed E-state index contributed by atoms with van der Waals surface area (Å²) in [5, 5.41) is 0.750. The Hall–Kier alpha value is -5.13. The van der Waals surface area contributed by atoms with Crippen molar-refractivity contribution in [3.8, 4) is 5.82 Å². The number of imide groups is 1. The van der Waals surface area contributed by atoms with Crippen LogP contribution in [0.15, 0.2) is 65.8 Å². The summed E-state index contributed by atoms with van der Waals surface area (Å²) in [6.07, 6.45) is 1.67. The number of esters is 1. The first-order valence-electron chi connectivity index (χ1n) is 19.1. The number of nitrogens with zero attached hydrogens (tertiary/aromatic N) is 6. The van der Waals surface area contributed by atoms with Crippen LogP contribution in [0.1, 0.15) is 82.1 Å². The van der Waals surface area contributed by atoms with Gasteiger partial charge in [-0.15, -0.1) is 0 Å². The lowest BCUT2D eigenvalue weighted by Crippen LogP contribution is -2.48. The Bertz CT molecular complexity index is 2270. The van der Waals surface area contributed by atoms with Gasteiger partial charge in [0.15, 0.2) is 0 Å². The van der Waals surface area contributed by atoms with Gasteiger partial charge < -0.3 is 23.5 Å². The minimum Gasteiger partial charge on any atom is -0.464 e. The molecule has 326 valence electrons. The van der Waals surface area contributed by atoms with Crippen LogP contribution in [0.5, 0.6) is 0 Å². The summed E-state index contributed by atoms with van der Waals surface area (Å²) in [6.45, 7) is 15.7. The molecule has 0 spiro atoms. The molecule has 2 aromatic heterocycles. The molecular weight excluding hydrogens is 839 g/mol. The third kappa shape index (κ3) is 13.2. The molecule has 19 heteroatoms. The lowest BCUT2D eigenvalue weighted by molar-refractivity contribution is -0.141. The zero-order valence-electron chi connectivity index (χ0n) is 35.4. The van der Waals surface area contributed by atoms with Gasteiger partial charge in [-0.05, 0) is 117 Å². The number of ether oxygens (including phenoxy) is 4. The highest BCUT2D eigenvalue weighted by Crippen LogP contribution is 2.32. The molecule has 0 radical (unpaired) electrons. The SMILES string of the molecule is CCCCOC(=O)CN(c1ccc2c(ccn2-c2ccnc(N(CCN(C(=O)OC(C)(C)C)C(=O)OC(C)(C)C)C(=O)OC(C)(C)C)n2)c1)S(=O)(=O)c1cc(Cl)cc(Cl)c1. The maximum Gasteiger partial charge on any atom is 0.419 e. The fourth-order valence-corrected chi connectivity index (χ4v) is 7.51. The van der Waals surface area contributed by atoms with E-state index in [1.165, 1.54) is 30.5 Å². The van der Waals surface area contributed by atoms with E-state index in [4.69, 9.17) is 42.1 Å². The van der Waals surface area contributed by atoms with Gasteiger partial charge in [0.2, 0.25) is 5.95 Å². The molecule has 4 aromatic rings. The molecule has 0 aliphatic heterocycles. The fourth-order valence-electron chi connectivity index (χ4n) is 5.38. The second-order valence-corrected chi connectivity index (χ2v) is 19.3. The van der Waals surface area contributed by atoms with Crippen LogP contribution in [0.25, 0.3) is 16.7 Å². The van der Waals surface area contributed by atoms with E-state index in [2.05, 4.69) is 9.97 Å². The summed E-state index contributed by atoms with van der Waals surface area (Å²) in [7, 11) is -4.39. The number of anilines is 2. The number of unbranched alkanes of at least 4 members (excludes halogenated alkanes) is 1. The van der Waals surface area contributed by atoms with Crippen molar-refractivity contribution < 1.29 is 46.5 Å². The van der Waals surface area contributed by atoms with Crippen molar-refractivity contribution >= 4 is 80.0 Å². The zero-order valence-corrected chi connectivity index (χ0v) is 37.8. The molecule has 0 atom stereocenters. The summed E-state index contributed by atoms with van der Waals surface area (Å²) in [6, 6.07) is 11.9. The van der Waals surface area contributed by atoms with Crippen molar-refractivity contribution in [3.05, 3.63) is 71.0 Å². The minimum absolute atomic E-state index is 0.0944. The van der Waals surface area contributed by atoms with Crippen molar-refractivity contribution in [2.45, 2.75) is 104 Å². The third-order valence-corrected chi connectivity index (χ3v) is 10.1. The predicted octanol–water partition coefficient (Wildman–Crippen LogP) is 9.18. The van der Waals surface area contributed by atoms with E-state index in [1.807, 2.05) is 6.92 Å². The van der Waals surface area contributed by atoms with E-state index >= 15 is 0 Å². The van der Waals surface area contributed by atoms with Gasteiger partial charge in [-0.2, -0.15) is 4.98 Å². The molecule has 2 aromatic carbocycles. The molecule has 0 aliphatic carbocycles. The number of carbonyl (C=O) groups excluding carboxylic acids is 4. The summed E-state index contributed by atoms with van der Waals surface area (Å²) in [5.74, 6) is -0.571. The number of carbonyl (C=O) groups is 4. The van der Waals surface area contributed by atoms with Gasteiger partial charge in [-0.3, -0.25) is 9.10 Å². The van der Waals surface area contributed by atoms with Crippen molar-refractivity contribution in [1.82, 2.24) is 19.4 Å². The molecule has 0 fully saturated rings. The molecule has 0 saturated heterocycles. The largest absolute Gasteiger partial charge is 0.464 e. The van der Waals surface area contributed by atoms with E-state index in [-0.39, 0.29) is 46.3 Å². The monoisotopic (exact) mass is 890 g/mol. The highest BCUT2D eigenvalue weighted by molar-refractivity contribution is 7.92. The molecule has 0 saturated carbocycles. The molecular formula is C41H52Cl2N6O10S. The van der Waals surface area contributed by atoms with E-state index in [9.17, 15) is 27.6 Å². The summed E-state index contributed by atoms with van der Waals surface area (Å²) in [5.41, 5.74) is -2.11. The Kier molecular flexibility index (Phi) is 15.1. The number of fused-ring (bicyclic) bond motifs is 1.